The zero-order valence-electron chi connectivity index (χ0n) is 17.8. The van der Waals surface area contributed by atoms with Gasteiger partial charge in [0.2, 0.25) is 5.91 Å². The number of hydrogen-bond donors (Lipinski definition) is 2. The van der Waals surface area contributed by atoms with Gasteiger partial charge in [-0.15, -0.1) is 11.3 Å². The van der Waals surface area contributed by atoms with E-state index in [9.17, 15) is 9.59 Å². The molecule has 1 aromatic carbocycles. The van der Waals surface area contributed by atoms with E-state index in [-0.39, 0.29) is 11.8 Å². The second kappa shape index (κ2) is 10.2. The van der Waals surface area contributed by atoms with Crippen LogP contribution >= 0.6 is 11.3 Å². The highest BCUT2D eigenvalue weighted by Gasteiger charge is 2.33. The third-order valence-corrected chi connectivity index (χ3v) is 6.07. The van der Waals surface area contributed by atoms with Crippen molar-refractivity contribution in [3.63, 3.8) is 0 Å². The maximum Gasteiger partial charge on any atom is 0.274 e. The highest BCUT2D eigenvalue weighted by atomic mass is 32.1. The number of thiazole rings is 1. The summed E-state index contributed by atoms with van der Waals surface area (Å²) in [5.74, 6) is 0.301. The molecule has 1 unspecified atom stereocenters. The molecule has 1 saturated heterocycles. The number of hydrogen-bond acceptors (Lipinski definition) is 7. The van der Waals surface area contributed by atoms with Crippen LogP contribution in [0, 0.1) is 0 Å². The number of amides is 2. The van der Waals surface area contributed by atoms with Crippen LogP contribution in [0.1, 0.15) is 35.4 Å². The molecule has 2 N–H and O–H groups in total. The first-order valence-corrected chi connectivity index (χ1v) is 11.4. The van der Waals surface area contributed by atoms with E-state index >= 15 is 0 Å². The number of carbonyl (C=O) groups is 2. The fourth-order valence-electron chi connectivity index (χ4n) is 3.69. The highest BCUT2D eigenvalue weighted by molar-refractivity contribution is 7.14. The minimum Gasteiger partial charge on any atom is -0.495 e. The number of anilines is 2. The summed E-state index contributed by atoms with van der Waals surface area (Å²) in [7, 11) is 1.60. The van der Waals surface area contributed by atoms with Gasteiger partial charge in [-0.1, -0.05) is 18.2 Å². The topological polar surface area (TPSA) is 96.5 Å². The van der Waals surface area contributed by atoms with E-state index in [1.165, 1.54) is 11.3 Å². The van der Waals surface area contributed by atoms with E-state index < -0.39 is 6.04 Å². The Labute approximate surface area is 190 Å². The van der Waals surface area contributed by atoms with Crippen molar-refractivity contribution in [2.75, 3.05) is 19.0 Å². The normalized spacial score (nSPS) is 15.8. The molecule has 1 aliphatic heterocycles. The van der Waals surface area contributed by atoms with Crippen molar-refractivity contribution in [3.8, 4) is 5.75 Å². The molecule has 166 valence electrons. The number of likely N-dealkylation sites (tertiary alicyclic amines) is 1. The van der Waals surface area contributed by atoms with Crippen LogP contribution in [0.2, 0.25) is 0 Å². The summed E-state index contributed by atoms with van der Waals surface area (Å²) < 4.78 is 5.35. The summed E-state index contributed by atoms with van der Waals surface area (Å²) in [6, 6.07) is 12.6. The molecule has 32 heavy (non-hydrogen) atoms. The number of para-hydroxylation sites is 2. The van der Waals surface area contributed by atoms with E-state index in [1.54, 1.807) is 23.6 Å². The van der Waals surface area contributed by atoms with Gasteiger partial charge >= 0.3 is 0 Å². The molecular weight excluding hydrogens is 426 g/mol. The maximum absolute atomic E-state index is 13.2. The molecule has 3 aromatic rings. The predicted molar refractivity (Wildman–Crippen MR) is 123 cm³/mol. The minimum absolute atomic E-state index is 0.161. The van der Waals surface area contributed by atoms with Gasteiger partial charge in [0.1, 0.15) is 17.5 Å². The predicted octanol–water partition coefficient (Wildman–Crippen LogP) is 3.60. The van der Waals surface area contributed by atoms with Gasteiger partial charge in [0.25, 0.3) is 5.91 Å². The molecular formula is C23H25N5O3S. The molecule has 0 spiro atoms. The molecule has 2 aromatic heterocycles. The lowest BCUT2D eigenvalue weighted by Crippen LogP contribution is -2.51. The molecule has 0 saturated carbocycles. The molecule has 3 heterocycles. The summed E-state index contributed by atoms with van der Waals surface area (Å²) in [5.41, 5.74) is 1.88. The number of benzene rings is 1. The fraction of sp³-hybridized carbons (Fsp3) is 0.304. The van der Waals surface area contributed by atoms with E-state index in [1.807, 2.05) is 42.5 Å². The Bertz CT molecular complexity index is 1070. The average Bonchev–Trinajstić information content (AvgIpc) is 3.31. The summed E-state index contributed by atoms with van der Waals surface area (Å²) in [5, 5.41) is 8.42. The molecule has 1 fully saturated rings. The number of piperidine rings is 1. The van der Waals surface area contributed by atoms with Crippen molar-refractivity contribution in [1.82, 2.24) is 20.2 Å². The highest BCUT2D eigenvalue weighted by Crippen LogP contribution is 2.29. The number of nitrogens with one attached hydrogen (secondary N) is 2. The summed E-state index contributed by atoms with van der Waals surface area (Å²) in [6.07, 6.45) is 4.10. The molecule has 0 bridgehead atoms. The van der Waals surface area contributed by atoms with Crippen molar-refractivity contribution in [1.29, 1.82) is 0 Å². The second-order valence-corrected chi connectivity index (χ2v) is 8.27. The quantitative estimate of drug-likeness (QED) is 0.570. The largest absolute Gasteiger partial charge is 0.495 e. The molecule has 4 rings (SSSR count). The van der Waals surface area contributed by atoms with E-state index in [0.717, 1.165) is 24.2 Å². The Morgan fingerprint density at radius 2 is 2.03 bits per heavy atom. The Hall–Kier alpha value is -3.46. The Morgan fingerprint density at radius 1 is 1.19 bits per heavy atom. The summed E-state index contributed by atoms with van der Waals surface area (Å²) in [4.78, 5) is 36.4. The van der Waals surface area contributed by atoms with Crippen LogP contribution in [0.5, 0.6) is 5.75 Å². The maximum atomic E-state index is 13.2. The Morgan fingerprint density at radius 3 is 2.84 bits per heavy atom. The van der Waals surface area contributed by atoms with Crippen LogP contribution in [0.15, 0.2) is 54.0 Å². The van der Waals surface area contributed by atoms with Gasteiger partial charge in [0, 0.05) is 18.1 Å². The van der Waals surface area contributed by atoms with Gasteiger partial charge in [0.15, 0.2) is 5.13 Å². The number of aromatic nitrogens is 2. The molecule has 1 atom stereocenters. The van der Waals surface area contributed by atoms with Crippen molar-refractivity contribution in [2.45, 2.75) is 31.8 Å². The minimum atomic E-state index is -0.507. The number of nitrogens with zero attached hydrogens (tertiary/aromatic N) is 3. The van der Waals surface area contributed by atoms with Gasteiger partial charge < -0.3 is 20.3 Å². The molecule has 0 aliphatic carbocycles. The van der Waals surface area contributed by atoms with Gasteiger partial charge in [-0.05, 0) is 43.5 Å². The summed E-state index contributed by atoms with van der Waals surface area (Å²) >= 11 is 1.34. The van der Waals surface area contributed by atoms with Gasteiger partial charge in [-0.3, -0.25) is 14.6 Å². The number of methoxy groups -OCH3 is 1. The van der Waals surface area contributed by atoms with Gasteiger partial charge in [0.05, 0.1) is 25.0 Å². The molecule has 8 nitrogen and oxygen atoms in total. The van der Waals surface area contributed by atoms with Gasteiger partial charge in [-0.25, -0.2) is 4.98 Å². The first kappa shape index (κ1) is 21.8. The van der Waals surface area contributed by atoms with Crippen LogP contribution in [-0.2, 0) is 11.3 Å². The smallest absolute Gasteiger partial charge is 0.274 e. The van der Waals surface area contributed by atoms with Crippen LogP contribution < -0.4 is 15.4 Å². The Balaban J connectivity index is 1.43. The van der Waals surface area contributed by atoms with E-state index in [2.05, 4.69) is 20.6 Å². The standard InChI is InChI=1S/C23H25N5O3S/c1-31-20-11-3-2-9-17(20)26-23-27-18(15-32-23)22(30)28-13-7-5-10-19(28)21(29)25-14-16-8-4-6-12-24-16/h2-4,6,8-9,11-12,15,19H,5,7,10,13-14H2,1H3,(H,25,29)(H,26,27). The molecule has 1 aliphatic rings. The number of ether oxygens (including phenoxy) is 1. The lowest BCUT2D eigenvalue weighted by molar-refractivity contribution is -0.126. The third-order valence-electron chi connectivity index (χ3n) is 5.31. The number of carbonyl (C=O) groups excluding carboxylic acids is 2. The van der Waals surface area contributed by atoms with Crippen LogP contribution in [-0.4, -0.2) is 46.4 Å². The molecule has 2 amide bonds. The zero-order chi connectivity index (χ0) is 22.3. The second-order valence-electron chi connectivity index (χ2n) is 7.41. The van der Waals surface area contributed by atoms with Crippen molar-refractivity contribution < 1.29 is 14.3 Å². The lowest BCUT2D eigenvalue weighted by Gasteiger charge is -2.34. The monoisotopic (exact) mass is 451 g/mol. The third kappa shape index (κ3) is 5.05. The van der Waals surface area contributed by atoms with Crippen LogP contribution in [0.4, 0.5) is 10.8 Å². The van der Waals surface area contributed by atoms with Crippen molar-refractivity contribution in [2.24, 2.45) is 0 Å². The molecule has 0 radical (unpaired) electrons. The first-order valence-electron chi connectivity index (χ1n) is 10.5. The lowest BCUT2D eigenvalue weighted by atomic mass is 10.0. The van der Waals surface area contributed by atoms with Gasteiger partial charge in [-0.2, -0.15) is 0 Å². The fourth-order valence-corrected chi connectivity index (χ4v) is 4.38. The number of rotatable bonds is 7. The first-order chi connectivity index (χ1) is 15.7. The van der Waals surface area contributed by atoms with Crippen LogP contribution in [0.25, 0.3) is 0 Å². The van der Waals surface area contributed by atoms with E-state index in [0.29, 0.717) is 36.1 Å². The van der Waals surface area contributed by atoms with Crippen molar-refractivity contribution in [3.05, 3.63) is 65.4 Å². The van der Waals surface area contributed by atoms with E-state index in [4.69, 9.17) is 4.74 Å². The number of pyridine rings is 1. The SMILES string of the molecule is COc1ccccc1Nc1nc(C(=O)N2CCCCC2C(=O)NCc2ccccn2)cs1. The average molecular weight is 452 g/mol. The van der Waals surface area contributed by atoms with Crippen LogP contribution in [0.3, 0.4) is 0 Å². The Kier molecular flexibility index (Phi) is 6.96. The van der Waals surface area contributed by atoms with Crippen molar-refractivity contribution >= 4 is 34.0 Å². The summed E-state index contributed by atoms with van der Waals surface area (Å²) in [6.45, 7) is 0.870. The zero-order valence-corrected chi connectivity index (χ0v) is 18.6. The molecule has 9 heteroatoms.